The van der Waals surface area contributed by atoms with E-state index in [2.05, 4.69) is 26.2 Å². The van der Waals surface area contributed by atoms with Crippen molar-refractivity contribution in [2.75, 3.05) is 5.32 Å². The first kappa shape index (κ1) is 14.5. The molecule has 21 heavy (non-hydrogen) atoms. The Morgan fingerprint density at radius 2 is 1.90 bits per heavy atom. The summed E-state index contributed by atoms with van der Waals surface area (Å²) in [5, 5.41) is 5.91. The van der Waals surface area contributed by atoms with Gasteiger partial charge in [0.25, 0.3) is 0 Å². The second-order valence-corrected chi connectivity index (χ2v) is 6.48. The number of thiazole rings is 1. The minimum atomic E-state index is -0.433. The van der Waals surface area contributed by atoms with Gasteiger partial charge in [0.05, 0.1) is 10.7 Å². The average molecular weight is 384 g/mol. The van der Waals surface area contributed by atoms with Gasteiger partial charge in [-0.1, -0.05) is 39.7 Å². The number of hydrogen-bond donors (Lipinski definition) is 1. The summed E-state index contributed by atoms with van der Waals surface area (Å²) in [4.78, 5) is 4.51. The Hall–Kier alpha value is -1.43. The molecule has 0 unspecified atom stereocenters. The van der Waals surface area contributed by atoms with Gasteiger partial charge < -0.3 is 5.32 Å². The van der Waals surface area contributed by atoms with Crippen LogP contribution >= 0.6 is 38.9 Å². The zero-order chi connectivity index (χ0) is 14.8. The summed E-state index contributed by atoms with van der Waals surface area (Å²) in [5.41, 5.74) is 2.64. The molecule has 2 nitrogen and oxygen atoms in total. The second kappa shape index (κ2) is 6.13. The molecule has 0 aliphatic rings. The first-order valence-electron chi connectivity index (χ1n) is 6.05. The Labute approximate surface area is 138 Å². The van der Waals surface area contributed by atoms with Crippen molar-refractivity contribution in [2.45, 2.75) is 0 Å². The fraction of sp³-hybridized carbons (Fsp3) is 0. The van der Waals surface area contributed by atoms with Crippen LogP contribution in [0.15, 0.2) is 52.3 Å². The second-order valence-electron chi connectivity index (χ2n) is 4.30. The minimum absolute atomic E-state index is 0.0877. The highest BCUT2D eigenvalue weighted by Gasteiger charge is 2.06. The monoisotopic (exact) mass is 382 g/mol. The SMILES string of the molecule is Fc1ccc(Nc2nc(-c3ccc(Br)cc3)cs2)cc1Cl. The van der Waals surface area contributed by atoms with Gasteiger partial charge in [0.1, 0.15) is 5.82 Å². The topological polar surface area (TPSA) is 24.9 Å². The van der Waals surface area contributed by atoms with Crippen LogP contribution in [0.25, 0.3) is 11.3 Å². The third-order valence-corrected chi connectivity index (χ3v) is 4.39. The molecule has 3 aromatic rings. The fourth-order valence-corrected chi connectivity index (χ4v) is 2.97. The van der Waals surface area contributed by atoms with Gasteiger partial charge >= 0.3 is 0 Å². The smallest absolute Gasteiger partial charge is 0.187 e. The molecule has 6 heteroatoms. The first-order valence-corrected chi connectivity index (χ1v) is 8.10. The van der Waals surface area contributed by atoms with Crippen molar-refractivity contribution in [3.8, 4) is 11.3 Å². The highest BCUT2D eigenvalue weighted by molar-refractivity contribution is 9.10. The van der Waals surface area contributed by atoms with E-state index in [0.717, 1.165) is 20.9 Å². The number of hydrogen-bond acceptors (Lipinski definition) is 3. The van der Waals surface area contributed by atoms with E-state index in [1.807, 2.05) is 29.6 Å². The molecular formula is C15H9BrClFN2S. The largest absolute Gasteiger partial charge is 0.331 e. The molecule has 0 spiro atoms. The van der Waals surface area contributed by atoms with Crippen LogP contribution in [0, 0.1) is 5.82 Å². The highest BCUT2D eigenvalue weighted by atomic mass is 79.9. The predicted molar refractivity (Wildman–Crippen MR) is 89.9 cm³/mol. The number of rotatable bonds is 3. The van der Waals surface area contributed by atoms with Crippen molar-refractivity contribution in [2.24, 2.45) is 0 Å². The van der Waals surface area contributed by atoms with Gasteiger partial charge in [-0.3, -0.25) is 0 Å². The third kappa shape index (κ3) is 3.43. The van der Waals surface area contributed by atoms with E-state index in [0.29, 0.717) is 5.69 Å². The molecule has 0 saturated heterocycles. The lowest BCUT2D eigenvalue weighted by Crippen LogP contribution is -1.90. The van der Waals surface area contributed by atoms with E-state index in [9.17, 15) is 4.39 Å². The normalized spacial score (nSPS) is 10.6. The van der Waals surface area contributed by atoms with Crippen molar-refractivity contribution in [3.05, 3.63) is 63.2 Å². The van der Waals surface area contributed by atoms with Gasteiger partial charge in [0.15, 0.2) is 5.13 Å². The Balaban J connectivity index is 1.81. The zero-order valence-electron chi connectivity index (χ0n) is 10.6. The Bertz CT molecular complexity index is 774. The van der Waals surface area contributed by atoms with Gasteiger partial charge in [0, 0.05) is 21.1 Å². The van der Waals surface area contributed by atoms with Crippen molar-refractivity contribution in [1.82, 2.24) is 4.98 Å². The summed E-state index contributed by atoms with van der Waals surface area (Å²) in [6.45, 7) is 0. The molecule has 0 amide bonds. The van der Waals surface area contributed by atoms with Crippen LogP contribution in [0.5, 0.6) is 0 Å². The summed E-state index contributed by atoms with van der Waals surface area (Å²) < 4.78 is 14.1. The summed E-state index contributed by atoms with van der Waals surface area (Å²) in [5.74, 6) is -0.433. The van der Waals surface area contributed by atoms with Crippen molar-refractivity contribution >= 4 is 49.7 Å². The standard InChI is InChI=1S/C15H9BrClFN2S/c16-10-3-1-9(2-4-10)14-8-21-15(20-14)19-11-5-6-13(18)12(17)7-11/h1-8H,(H,19,20). The van der Waals surface area contributed by atoms with Crippen molar-refractivity contribution in [3.63, 3.8) is 0 Å². The number of halogens is 3. The molecule has 0 fully saturated rings. The van der Waals surface area contributed by atoms with Gasteiger partial charge in [-0.25, -0.2) is 9.37 Å². The van der Waals surface area contributed by atoms with Crippen molar-refractivity contribution < 1.29 is 4.39 Å². The Morgan fingerprint density at radius 1 is 1.14 bits per heavy atom. The zero-order valence-corrected chi connectivity index (χ0v) is 13.8. The maximum atomic E-state index is 13.1. The number of anilines is 2. The van der Waals surface area contributed by atoms with Gasteiger partial charge in [0.2, 0.25) is 0 Å². The van der Waals surface area contributed by atoms with Gasteiger partial charge in [-0.05, 0) is 30.3 Å². The van der Waals surface area contributed by atoms with Gasteiger partial charge in [-0.2, -0.15) is 0 Å². The van der Waals surface area contributed by atoms with Crippen LogP contribution in [0.1, 0.15) is 0 Å². The maximum absolute atomic E-state index is 13.1. The summed E-state index contributed by atoms with van der Waals surface area (Å²) >= 11 is 10.6. The van der Waals surface area contributed by atoms with Crippen LogP contribution in [-0.4, -0.2) is 4.98 Å². The lowest BCUT2D eigenvalue weighted by Gasteiger charge is -2.03. The van der Waals surface area contributed by atoms with E-state index in [4.69, 9.17) is 11.6 Å². The number of aromatic nitrogens is 1. The van der Waals surface area contributed by atoms with E-state index >= 15 is 0 Å². The molecule has 0 atom stereocenters. The summed E-state index contributed by atoms with van der Waals surface area (Å²) in [6, 6.07) is 12.4. The van der Waals surface area contributed by atoms with Gasteiger partial charge in [-0.15, -0.1) is 11.3 Å². The molecule has 0 radical (unpaired) electrons. The summed E-state index contributed by atoms with van der Waals surface area (Å²) in [6.07, 6.45) is 0. The first-order chi connectivity index (χ1) is 10.1. The lowest BCUT2D eigenvalue weighted by molar-refractivity contribution is 0.628. The van der Waals surface area contributed by atoms with Crippen LogP contribution in [0.2, 0.25) is 5.02 Å². The summed E-state index contributed by atoms with van der Waals surface area (Å²) in [7, 11) is 0. The van der Waals surface area contributed by atoms with E-state index in [-0.39, 0.29) is 5.02 Å². The van der Waals surface area contributed by atoms with E-state index in [1.165, 1.54) is 23.5 Å². The molecule has 0 aliphatic heterocycles. The molecule has 1 heterocycles. The van der Waals surface area contributed by atoms with E-state index < -0.39 is 5.82 Å². The lowest BCUT2D eigenvalue weighted by atomic mass is 10.2. The van der Waals surface area contributed by atoms with Crippen molar-refractivity contribution in [1.29, 1.82) is 0 Å². The van der Waals surface area contributed by atoms with Crippen LogP contribution in [0.3, 0.4) is 0 Å². The van der Waals surface area contributed by atoms with Crippen LogP contribution in [0.4, 0.5) is 15.2 Å². The number of benzene rings is 2. The molecule has 0 aliphatic carbocycles. The molecule has 0 bridgehead atoms. The maximum Gasteiger partial charge on any atom is 0.187 e. The molecule has 106 valence electrons. The molecule has 2 aromatic carbocycles. The van der Waals surface area contributed by atoms with E-state index in [1.54, 1.807) is 6.07 Å². The van der Waals surface area contributed by atoms with Crippen LogP contribution < -0.4 is 5.32 Å². The minimum Gasteiger partial charge on any atom is -0.331 e. The average Bonchev–Trinajstić information content (AvgIpc) is 2.92. The number of nitrogens with zero attached hydrogens (tertiary/aromatic N) is 1. The molecule has 3 rings (SSSR count). The molecule has 0 saturated carbocycles. The third-order valence-electron chi connectivity index (χ3n) is 2.82. The Morgan fingerprint density at radius 3 is 2.62 bits per heavy atom. The molecular weight excluding hydrogens is 375 g/mol. The predicted octanol–water partition coefficient (Wildman–Crippen LogP) is 6.11. The number of nitrogens with one attached hydrogen (secondary N) is 1. The highest BCUT2D eigenvalue weighted by Crippen LogP contribution is 2.29. The Kier molecular flexibility index (Phi) is 4.24. The quantitative estimate of drug-likeness (QED) is 0.590. The van der Waals surface area contributed by atoms with Crippen LogP contribution in [-0.2, 0) is 0 Å². The molecule has 1 N–H and O–H groups in total. The molecule has 1 aromatic heterocycles. The fourth-order valence-electron chi connectivity index (χ4n) is 1.78.